The molecule has 0 atom stereocenters. The summed E-state index contributed by atoms with van der Waals surface area (Å²) in [5, 5.41) is 8.80. The van der Waals surface area contributed by atoms with Gasteiger partial charge in [-0.1, -0.05) is 20.8 Å². The third kappa shape index (κ3) is 1.86. The van der Waals surface area contributed by atoms with E-state index in [0.717, 1.165) is 5.82 Å². The first-order chi connectivity index (χ1) is 7.24. The lowest BCUT2D eigenvalue weighted by Crippen LogP contribution is -2.34. The lowest BCUT2D eigenvalue weighted by atomic mass is 9.92. The Balaban J connectivity index is 2.50. The Morgan fingerprint density at radius 2 is 1.69 bits per heavy atom. The van der Waals surface area contributed by atoms with Crippen molar-refractivity contribution in [2.45, 2.75) is 58.4 Å². The van der Waals surface area contributed by atoms with Crippen molar-refractivity contribution in [2.75, 3.05) is 0 Å². The van der Waals surface area contributed by atoms with Crippen molar-refractivity contribution in [1.29, 1.82) is 0 Å². The van der Waals surface area contributed by atoms with Gasteiger partial charge in [-0.15, -0.1) is 10.2 Å². The van der Waals surface area contributed by atoms with E-state index in [2.05, 4.69) is 49.4 Å². The van der Waals surface area contributed by atoms with Crippen LogP contribution in [0.25, 0.3) is 0 Å². The molecule has 3 nitrogen and oxygen atoms in total. The standard InChI is InChI=1S/C12H20ClN3/c1-11(2,3)9-14-15-10(13)16(9)12(4,5)8-6-7-8/h8H,6-7H2,1-5H3. The predicted molar refractivity (Wildman–Crippen MR) is 65.8 cm³/mol. The van der Waals surface area contributed by atoms with Crippen LogP contribution in [-0.4, -0.2) is 14.8 Å². The molecule has 2 rings (SSSR count). The first kappa shape index (κ1) is 11.9. The van der Waals surface area contributed by atoms with Gasteiger partial charge in [0.2, 0.25) is 5.28 Å². The largest absolute Gasteiger partial charge is 0.295 e. The SMILES string of the molecule is CC(C)(C)c1nnc(Cl)n1C(C)(C)C1CC1. The highest BCUT2D eigenvalue weighted by Crippen LogP contribution is 2.46. The summed E-state index contributed by atoms with van der Waals surface area (Å²) >= 11 is 6.20. The second-order valence-electron chi connectivity index (χ2n) is 6.31. The number of nitrogens with zero attached hydrogens (tertiary/aromatic N) is 3. The Kier molecular flexibility index (Phi) is 2.57. The van der Waals surface area contributed by atoms with E-state index in [0.29, 0.717) is 11.2 Å². The predicted octanol–water partition coefficient (Wildman–Crippen LogP) is 3.37. The van der Waals surface area contributed by atoms with Crippen molar-refractivity contribution in [3.63, 3.8) is 0 Å². The van der Waals surface area contributed by atoms with E-state index < -0.39 is 0 Å². The highest BCUT2D eigenvalue weighted by Gasteiger charge is 2.43. The summed E-state index contributed by atoms with van der Waals surface area (Å²) in [6, 6.07) is 0. The Bertz CT molecular complexity index is 397. The van der Waals surface area contributed by atoms with Gasteiger partial charge in [0.1, 0.15) is 5.82 Å². The molecule has 1 saturated carbocycles. The van der Waals surface area contributed by atoms with Crippen molar-refractivity contribution >= 4 is 11.6 Å². The van der Waals surface area contributed by atoms with Gasteiger partial charge < -0.3 is 0 Å². The number of hydrogen-bond acceptors (Lipinski definition) is 2. The van der Waals surface area contributed by atoms with Gasteiger partial charge in [0, 0.05) is 11.0 Å². The Labute approximate surface area is 102 Å². The highest BCUT2D eigenvalue weighted by atomic mass is 35.5. The van der Waals surface area contributed by atoms with Crippen LogP contribution < -0.4 is 0 Å². The monoisotopic (exact) mass is 241 g/mol. The molecule has 16 heavy (non-hydrogen) atoms. The molecule has 1 aliphatic rings. The second kappa shape index (κ2) is 3.46. The van der Waals surface area contributed by atoms with E-state index in [4.69, 9.17) is 11.6 Å². The normalized spacial score (nSPS) is 17.9. The summed E-state index contributed by atoms with van der Waals surface area (Å²) in [5.74, 6) is 1.69. The van der Waals surface area contributed by atoms with Crippen LogP contribution in [0, 0.1) is 5.92 Å². The van der Waals surface area contributed by atoms with E-state index in [1.165, 1.54) is 12.8 Å². The molecule has 0 radical (unpaired) electrons. The summed E-state index contributed by atoms with van der Waals surface area (Å²) in [4.78, 5) is 0. The van der Waals surface area contributed by atoms with Crippen LogP contribution in [0.4, 0.5) is 0 Å². The fourth-order valence-electron chi connectivity index (χ4n) is 2.23. The van der Waals surface area contributed by atoms with Gasteiger partial charge in [-0.2, -0.15) is 0 Å². The molecule has 1 aromatic rings. The number of aromatic nitrogens is 3. The van der Waals surface area contributed by atoms with Crippen LogP contribution in [0.3, 0.4) is 0 Å². The number of rotatable bonds is 2. The third-order valence-corrected chi connectivity index (χ3v) is 3.69. The first-order valence-corrected chi connectivity index (χ1v) is 6.24. The van der Waals surface area contributed by atoms with E-state index in [-0.39, 0.29) is 11.0 Å². The average Bonchev–Trinajstić information content (AvgIpc) is 2.88. The quantitative estimate of drug-likeness (QED) is 0.795. The Hall–Kier alpha value is -0.570. The zero-order valence-electron chi connectivity index (χ0n) is 10.7. The van der Waals surface area contributed by atoms with Crippen LogP contribution in [0.15, 0.2) is 0 Å². The van der Waals surface area contributed by atoms with E-state index >= 15 is 0 Å². The van der Waals surface area contributed by atoms with Gasteiger partial charge in [-0.05, 0) is 44.2 Å². The number of hydrogen-bond donors (Lipinski definition) is 0. The first-order valence-electron chi connectivity index (χ1n) is 5.86. The lowest BCUT2D eigenvalue weighted by molar-refractivity contribution is 0.280. The van der Waals surface area contributed by atoms with Crippen LogP contribution in [0.5, 0.6) is 0 Å². The average molecular weight is 242 g/mol. The zero-order valence-corrected chi connectivity index (χ0v) is 11.5. The van der Waals surface area contributed by atoms with Gasteiger partial charge in [-0.3, -0.25) is 4.57 Å². The maximum absolute atomic E-state index is 6.20. The molecule has 0 aliphatic heterocycles. The van der Waals surface area contributed by atoms with Gasteiger partial charge in [0.05, 0.1) is 0 Å². The van der Waals surface area contributed by atoms with Crippen molar-refractivity contribution in [3.05, 3.63) is 11.1 Å². The summed E-state index contributed by atoms with van der Waals surface area (Å²) in [6.07, 6.45) is 2.57. The molecule has 1 aliphatic carbocycles. The molecule has 90 valence electrons. The molecule has 1 fully saturated rings. The Morgan fingerprint density at radius 1 is 1.12 bits per heavy atom. The molecule has 0 amide bonds. The smallest absolute Gasteiger partial charge is 0.225 e. The van der Waals surface area contributed by atoms with Gasteiger partial charge in [0.25, 0.3) is 0 Å². The molecule has 4 heteroatoms. The topological polar surface area (TPSA) is 30.7 Å². The molecule has 0 bridgehead atoms. The van der Waals surface area contributed by atoms with Crippen LogP contribution in [-0.2, 0) is 11.0 Å². The maximum Gasteiger partial charge on any atom is 0.225 e. The Morgan fingerprint density at radius 3 is 2.12 bits per heavy atom. The minimum atomic E-state index is -0.0215. The van der Waals surface area contributed by atoms with Crippen LogP contribution in [0.1, 0.15) is 53.3 Å². The van der Waals surface area contributed by atoms with Gasteiger partial charge >= 0.3 is 0 Å². The minimum Gasteiger partial charge on any atom is -0.295 e. The van der Waals surface area contributed by atoms with E-state index in [9.17, 15) is 0 Å². The van der Waals surface area contributed by atoms with E-state index in [1.54, 1.807) is 0 Å². The molecule has 0 aromatic carbocycles. The minimum absolute atomic E-state index is 0.0215. The third-order valence-electron chi connectivity index (χ3n) is 3.45. The van der Waals surface area contributed by atoms with Gasteiger partial charge in [-0.25, -0.2) is 0 Å². The van der Waals surface area contributed by atoms with Crippen molar-refractivity contribution in [3.8, 4) is 0 Å². The molecule has 0 spiro atoms. The molecule has 0 N–H and O–H groups in total. The second-order valence-corrected chi connectivity index (χ2v) is 6.64. The van der Waals surface area contributed by atoms with Crippen molar-refractivity contribution in [1.82, 2.24) is 14.8 Å². The molecule has 1 aromatic heterocycles. The number of halogens is 1. The maximum atomic E-state index is 6.20. The summed E-state index contributed by atoms with van der Waals surface area (Å²) in [6.45, 7) is 10.9. The molecular formula is C12H20ClN3. The summed E-state index contributed by atoms with van der Waals surface area (Å²) < 4.78 is 2.12. The fourth-order valence-corrected chi connectivity index (χ4v) is 2.57. The molecular weight excluding hydrogens is 222 g/mol. The molecule has 0 saturated heterocycles. The van der Waals surface area contributed by atoms with Crippen LogP contribution >= 0.6 is 11.6 Å². The highest BCUT2D eigenvalue weighted by molar-refractivity contribution is 6.28. The van der Waals surface area contributed by atoms with Crippen molar-refractivity contribution < 1.29 is 0 Å². The van der Waals surface area contributed by atoms with Gasteiger partial charge in [0.15, 0.2) is 0 Å². The van der Waals surface area contributed by atoms with Crippen LogP contribution in [0.2, 0.25) is 5.28 Å². The van der Waals surface area contributed by atoms with E-state index in [1.807, 2.05) is 0 Å². The van der Waals surface area contributed by atoms with Crippen molar-refractivity contribution in [2.24, 2.45) is 5.92 Å². The molecule has 0 unspecified atom stereocenters. The molecule has 1 heterocycles. The fraction of sp³-hybridized carbons (Fsp3) is 0.833. The zero-order chi connectivity index (χ0) is 12.1. The lowest BCUT2D eigenvalue weighted by Gasteiger charge is -2.31. The summed E-state index contributed by atoms with van der Waals surface area (Å²) in [5.41, 5.74) is 0.00942. The summed E-state index contributed by atoms with van der Waals surface area (Å²) in [7, 11) is 0.